The SMILES string of the molecule is COc1cc2c(c(F)c1OC)C(=N)N(CC(=O)c1cc3c(c(C(C)(C)C)c1)OC(C(=O)O)CN3C)C2. The summed E-state index contributed by atoms with van der Waals surface area (Å²) in [6.07, 6.45) is -1.02. The minimum atomic E-state index is -1.06. The number of nitrogens with one attached hydrogen (secondary N) is 1. The van der Waals surface area contributed by atoms with Gasteiger partial charge in [-0.25, -0.2) is 9.18 Å². The first-order valence-corrected chi connectivity index (χ1v) is 11.5. The molecule has 2 N–H and O–H groups in total. The van der Waals surface area contributed by atoms with E-state index in [2.05, 4.69) is 0 Å². The van der Waals surface area contributed by atoms with E-state index in [1.807, 2.05) is 20.8 Å². The molecule has 36 heavy (non-hydrogen) atoms. The molecule has 1 atom stereocenters. The molecule has 0 aromatic heterocycles. The van der Waals surface area contributed by atoms with E-state index in [1.54, 1.807) is 30.1 Å². The number of fused-ring (bicyclic) bond motifs is 2. The van der Waals surface area contributed by atoms with Crippen molar-refractivity contribution in [2.75, 3.05) is 39.3 Å². The Bertz CT molecular complexity index is 1270. The molecule has 2 aromatic rings. The molecule has 0 aliphatic carbocycles. The van der Waals surface area contributed by atoms with Crippen LogP contribution in [0.25, 0.3) is 0 Å². The molecule has 192 valence electrons. The van der Waals surface area contributed by atoms with Gasteiger partial charge in [-0.2, -0.15) is 0 Å². The maximum atomic E-state index is 15.1. The van der Waals surface area contributed by atoms with Gasteiger partial charge >= 0.3 is 5.97 Å². The van der Waals surface area contributed by atoms with Crippen molar-refractivity contribution in [2.24, 2.45) is 0 Å². The van der Waals surface area contributed by atoms with Crippen LogP contribution < -0.4 is 19.1 Å². The summed E-state index contributed by atoms with van der Waals surface area (Å²) in [5.74, 6) is -1.52. The lowest BCUT2D eigenvalue weighted by molar-refractivity contribution is -0.144. The number of nitrogens with zero attached hydrogens (tertiary/aromatic N) is 2. The van der Waals surface area contributed by atoms with Crippen LogP contribution in [0, 0.1) is 11.2 Å². The first-order valence-electron chi connectivity index (χ1n) is 11.5. The second-order valence-electron chi connectivity index (χ2n) is 10.0. The van der Waals surface area contributed by atoms with Crippen molar-refractivity contribution in [1.29, 1.82) is 5.41 Å². The van der Waals surface area contributed by atoms with Crippen LogP contribution in [0.2, 0.25) is 0 Å². The van der Waals surface area contributed by atoms with Crippen molar-refractivity contribution in [2.45, 2.75) is 38.8 Å². The van der Waals surface area contributed by atoms with Crippen molar-refractivity contribution in [3.05, 3.63) is 46.3 Å². The van der Waals surface area contributed by atoms with Gasteiger partial charge in [0, 0.05) is 24.7 Å². The predicted molar refractivity (Wildman–Crippen MR) is 132 cm³/mol. The molecule has 0 saturated carbocycles. The monoisotopic (exact) mass is 499 g/mol. The molecule has 0 spiro atoms. The molecule has 0 radical (unpaired) electrons. The van der Waals surface area contributed by atoms with Crippen molar-refractivity contribution in [3.8, 4) is 17.2 Å². The number of rotatable bonds is 6. The Hall–Kier alpha value is -3.82. The molecular formula is C26H30FN3O6. The number of hydrogen-bond donors (Lipinski definition) is 2. The molecule has 0 bridgehead atoms. The summed E-state index contributed by atoms with van der Waals surface area (Å²) in [6.45, 7) is 6.06. The zero-order valence-corrected chi connectivity index (χ0v) is 21.2. The van der Waals surface area contributed by atoms with Crippen LogP contribution in [0.5, 0.6) is 17.2 Å². The number of likely N-dealkylation sites (N-methyl/N-ethyl adjacent to an activating group) is 1. The van der Waals surface area contributed by atoms with E-state index in [4.69, 9.17) is 19.6 Å². The molecule has 2 aliphatic heterocycles. The summed E-state index contributed by atoms with van der Waals surface area (Å²) in [5, 5.41) is 18.0. The summed E-state index contributed by atoms with van der Waals surface area (Å²) in [6, 6.07) is 5.03. The number of carbonyl (C=O) groups is 2. The Labute approximate surface area is 208 Å². The van der Waals surface area contributed by atoms with Gasteiger partial charge in [0.2, 0.25) is 6.10 Å². The molecule has 10 heteroatoms. The third-order valence-corrected chi connectivity index (χ3v) is 6.53. The van der Waals surface area contributed by atoms with Gasteiger partial charge < -0.3 is 29.1 Å². The molecule has 9 nitrogen and oxygen atoms in total. The van der Waals surface area contributed by atoms with Crippen molar-refractivity contribution < 1.29 is 33.3 Å². The van der Waals surface area contributed by atoms with Crippen molar-refractivity contribution >= 4 is 23.3 Å². The number of halogens is 1. The number of methoxy groups -OCH3 is 2. The number of carboxylic acid groups (broad SMARTS) is 1. The fraction of sp³-hybridized carbons (Fsp3) is 0.423. The Morgan fingerprint density at radius 2 is 1.92 bits per heavy atom. The lowest BCUT2D eigenvalue weighted by Crippen LogP contribution is -2.43. The van der Waals surface area contributed by atoms with Crippen LogP contribution in [0.4, 0.5) is 10.1 Å². The number of Topliss-reactive ketones (excluding diaryl/α,β-unsaturated/α-hetero) is 1. The Morgan fingerprint density at radius 1 is 1.22 bits per heavy atom. The fourth-order valence-electron chi connectivity index (χ4n) is 4.62. The van der Waals surface area contributed by atoms with Gasteiger partial charge in [-0.15, -0.1) is 0 Å². The summed E-state index contributed by atoms with van der Waals surface area (Å²) in [4.78, 5) is 28.3. The summed E-state index contributed by atoms with van der Waals surface area (Å²) in [7, 11) is 4.50. The summed E-state index contributed by atoms with van der Waals surface area (Å²) in [5.41, 5.74) is 1.94. The Balaban J connectivity index is 1.67. The summed E-state index contributed by atoms with van der Waals surface area (Å²) < 4.78 is 31.3. The van der Waals surface area contributed by atoms with Crippen LogP contribution in [0.1, 0.15) is 47.8 Å². The quantitative estimate of drug-likeness (QED) is 0.582. The first kappa shape index (κ1) is 25.3. The molecule has 0 amide bonds. The number of carbonyl (C=O) groups excluding carboxylic acids is 1. The number of aliphatic carboxylic acids is 1. The largest absolute Gasteiger partial charge is 0.493 e. The standard InChI is InChI=1S/C26H30FN3O6/c1-26(2,3)15-7-13(8-16-22(15)36-19(25(32)33)12-29(16)4)17(31)11-30-10-14-9-18(34-5)23(35-6)21(27)20(14)24(30)28/h7-9,19,28H,10-12H2,1-6H3,(H,32,33). The third kappa shape index (κ3) is 4.20. The normalized spacial score (nSPS) is 16.9. The molecule has 0 fully saturated rings. The predicted octanol–water partition coefficient (Wildman–Crippen LogP) is 3.45. The van der Waals surface area contributed by atoms with Crippen LogP contribution in [0.15, 0.2) is 18.2 Å². The summed E-state index contributed by atoms with van der Waals surface area (Å²) >= 11 is 0. The minimum Gasteiger partial charge on any atom is -0.493 e. The fourth-order valence-corrected chi connectivity index (χ4v) is 4.62. The molecule has 2 heterocycles. The van der Waals surface area contributed by atoms with Crippen LogP contribution >= 0.6 is 0 Å². The van der Waals surface area contributed by atoms with E-state index in [1.165, 1.54) is 19.1 Å². The lowest BCUT2D eigenvalue weighted by atomic mass is 9.84. The van der Waals surface area contributed by atoms with Gasteiger partial charge in [0.25, 0.3) is 0 Å². The van der Waals surface area contributed by atoms with E-state index in [0.29, 0.717) is 28.1 Å². The van der Waals surface area contributed by atoms with Crippen LogP contribution in [-0.2, 0) is 16.8 Å². The third-order valence-electron chi connectivity index (χ3n) is 6.53. The Kier molecular flexibility index (Phi) is 6.32. The maximum absolute atomic E-state index is 15.1. The highest BCUT2D eigenvalue weighted by atomic mass is 19.1. The number of ketones is 1. The van der Waals surface area contributed by atoms with Crippen LogP contribution in [-0.4, -0.2) is 68.1 Å². The number of carboxylic acids is 1. The van der Waals surface area contributed by atoms with Crippen LogP contribution in [0.3, 0.4) is 0 Å². The van der Waals surface area contributed by atoms with Gasteiger partial charge in [0.05, 0.1) is 38.6 Å². The zero-order chi connectivity index (χ0) is 26.5. The average Bonchev–Trinajstić information content (AvgIpc) is 3.12. The zero-order valence-electron chi connectivity index (χ0n) is 21.2. The van der Waals surface area contributed by atoms with Gasteiger partial charge in [-0.1, -0.05) is 20.8 Å². The first-order chi connectivity index (χ1) is 16.9. The molecule has 2 aromatic carbocycles. The maximum Gasteiger partial charge on any atom is 0.346 e. The highest BCUT2D eigenvalue weighted by Crippen LogP contribution is 2.43. The average molecular weight is 500 g/mol. The molecule has 2 aliphatic rings. The van der Waals surface area contributed by atoms with E-state index in [-0.39, 0.29) is 48.3 Å². The minimum absolute atomic E-state index is 0.0821. The topological polar surface area (TPSA) is 112 Å². The van der Waals surface area contributed by atoms with Crippen molar-refractivity contribution in [1.82, 2.24) is 4.90 Å². The smallest absolute Gasteiger partial charge is 0.346 e. The highest BCUT2D eigenvalue weighted by molar-refractivity contribution is 6.06. The molecule has 1 unspecified atom stereocenters. The highest BCUT2D eigenvalue weighted by Gasteiger charge is 2.36. The number of benzene rings is 2. The van der Waals surface area contributed by atoms with Gasteiger partial charge in [-0.05, 0) is 29.2 Å². The van der Waals surface area contributed by atoms with Gasteiger partial charge in [-0.3, -0.25) is 10.2 Å². The van der Waals surface area contributed by atoms with E-state index in [0.717, 1.165) is 0 Å². The molecular weight excluding hydrogens is 469 g/mol. The molecule has 4 rings (SSSR count). The van der Waals surface area contributed by atoms with Crippen molar-refractivity contribution in [3.63, 3.8) is 0 Å². The number of ether oxygens (including phenoxy) is 3. The second-order valence-corrected chi connectivity index (χ2v) is 10.0. The number of anilines is 1. The van der Waals surface area contributed by atoms with E-state index < -0.39 is 23.3 Å². The number of hydrogen-bond acceptors (Lipinski definition) is 7. The lowest BCUT2D eigenvalue weighted by Gasteiger charge is -2.36. The number of amidine groups is 1. The van der Waals surface area contributed by atoms with Gasteiger partial charge in [0.15, 0.2) is 23.1 Å². The Morgan fingerprint density at radius 3 is 2.50 bits per heavy atom. The van der Waals surface area contributed by atoms with E-state index >= 15 is 4.39 Å². The van der Waals surface area contributed by atoms with E-state index in [9.17, 15) is 14.7 Å². The second kappa shape index (κ2) is 9.00. The van der Waals surface area contributed by atoms with Gasteiger partial charge in [0.1, 0.15) is 11.6 Å². The molecule has 0 saturated heterocycles.